The Bertz CT molecular complexity index is 369. The molecule has 4 nitrogen and oxygen atoms in total. The van der Waals surface area contributed by atoms with E-state index in [1.807, 2.05) is 13.2 Å². The van der Waals surface area contributed by atoms with Gasteiger partial charge in [-0.1, -0.05) is 13.3 Å². The quantitative estimate of drug-likeness (QED) is 0.926. The zero-order valence-corrected chi connectivity index (χ0v) is 11.3. The van der Waals surface area contributed by atoms with Crippen LogP contribution in [0.4, 0.5) is 11.8 Å². The topological polar surface area (TPSA) is 41.1 Å². The van der Waals surface area contributed by atoms with Crippen molar-refractivity contribution in [2.45, 2.75) is 19.8 Å². The number of nitrogens with one attached hydrogen (secondary N) is 1. The summed E-state index contributed by atoms with van der Waals surface area (Å²) in [5, 5.41) is 2.97. The largest absolute Gasteiger partial charge is 0.357 e. The molecule has 0 radical (unpaired) electrons. The maximum absolute atomic E-state index is 4.50. The van der Waals surface area contributed by atoms with Crippen molar-refractivity contribution < 1.29 is 0 Å². The minimum absolute atomic E-state index is 0.679. The van der Waals surface area contributed by atoms with Crippen molar-refractivity contribution in [1.82, 2.24) is 9.97 Å². The molecule has 2 rings (SSSR count). The molecule has 5 heteroatoms. The van der Waals surface area contributed by atoms with E-state index < -0.39 is 0 Å². The van der Waals surface area contributed by atoms with Crippen molar-refractivity contribution in [3.05, 3.63) is 10.7 Å². The van der Waals surface area contributed by atoms with Gasteiger partial charge in [0.2, 0.25) is 5.95 Å². The van der Waals surface area contributed by atoms with Crippen molar-refractivity contribution in [2.75, 3.05) is 30.4 Å². The molecule has 1 saturated heterocycles. The Balaban J connectivity index is 2.20. The molecule has 0 spiro atoms. The summed E-state index contributed by atoms with van der Waals surface area (Å²) in [4.78, 5) is 11.0. The van der Waals surface area contributed by atoms with E-state index in [1.54, 1.807) is 0 Å². The summed E-state index contributed by atoms with van der Waals surface area (Å²) in [5.41, 5.74) is 0. The second-order valence-corrected chi connectivity index (χ2v) is 4.98. The monoisotopic (exact) mass is 284 g/mol. The number of aromatic nitrogens is 2. The standard InChI is InChI=1S/C11H17BrN4/c1-3-8-4-5-16(7-8)10-9(12)6-14-11(13-2)15-10/h6,8H,3-5,7H2,1-2H3,(H,13,14,15). The number of hydrogen-bond acceptors (Lipinski definition) is 4. The maximum Gasteiger partial charge on any atom is 0.224 e. The molecule has 88 valence electrons. The number of halogens is 1. The van der Waals surface area contributed by atoms with Gasteiger partial charge in [0.05, 0.1) is 4.47 Å². The molecule has 0 bridgehead atoms. The Labute approximate surface area is 105 Å². The summed E-state index contributed by atoms with van der Waals surface area (Å²) in [6.07, 6.45) is 4.33. The fraction of sp³-hybridized carbons (Fsp3) is 0.636. The summed E-state index contributed by atoms with van der Waals surface area (Å²) in [7, 11) is 1.84. The first kappa shape index (κ1) is 11.6. The first-order chi connectivity index (χ1) is 7.74. The molecule has 1 atom stereocenters. The fourth-order valence-corrected chi connectivity index (χ4v) is 2.50. The molecular weight excluding hydrogens is 268 g/mol. The van der Waals surface area contributed by atoms with Crippen molar-refractivity contribution in [1.29, 1.82) is 0 Å². The molecule has 1 aliphatic rings. The second kappa shape index (κ2) is 4.99. The lowest BCUT2D eigenvalue weighted by molar-refractivity contribution is 0.568. The van der Waals surface area contributed by atoms with E-state index in [2.05, 4.69) is 43.0 Å². The van der Waals surface area contributed by atoms with Crippen LogP contribution in [-0.4, -0.2) is 30.1 Å². The highest BCUT2D eigenvalue weighted by Crippen LogP contribution is 2.29. The number of nitrogens with zero attached hydrogens (tertiary/aromatic N) is 3. The van der Waals surface area contributed by atoms with E-state index in [0.29, 0.717) is 5.95 Å². The second-order valence-electron chi connectivity index (χ2n) is 4.12. The van der Waals surface area contributed by atoms with Crippen LogP contribution in [0, 0.1) is 5.92 Å². The van der Waals surface area contributed by atoms with Gasteiger partial charge in [0.25, 0.3) is 0 Å². The molecule has 1 aromatic rings. The van der Waals surface area contributed by atoms with Crippen LogP contribution in [-0.2, 0) is 0 Å². The molecule has 16 heavy (non-hydrogen) atoms. The molecule has 2 heterocycles. The number of hydrogen-bond donors (Lipinski definition) is 1. The molecule has 0 aliphatic carbocycles. The number of rotatable bonds is 3. The first-order valence-corrected chi connectivity index (χ1v) is 6.49. The van der Waals surface area contributed by atoms with Gasteiger partial charge in [0.15, 0.2) is 0 Å². The van der Waals surface area contributed by atoms with Crippen LogP contribution in [0.1, 0.15) is 19.8 Å². The van der Waals surface area contributed by atoms with Crippen LogP contribution in [0.2, 0.25) is 0 Å². The third kappa shape index (κ3) is 2.29. The minimum atomic E-state index is 0.679. The zero-order chi connectivity index (χ0) is 11.5. The van der Waals surface area contributed by atoms with Gasteiger partial charge in [-0.3, -0.25) is 0 Å². The Morgan fingerprint density at radius 2 is 2.44 bits per heavy atom. The Morgan fingerprint density at radius 1 is 1.62 bits per heavy atom. The van der Waals surface area contributed by atoms with E-state index in [1.165, 1.54) is 12.8 Å². The zero-order valence-electron chi connectivity index (χ0n) is 9.70. The molecule has 1 N–H and O–H groups in total. The van der Waals surface area contributed by atoms with E-state index in [4.69, 9.17) is 0 Å². The summed E-state index contributed by atoms with van der Waals surface area (Å²) in [5.74, 6) is 2.49. The van der Waals surface area contributed by atoms with Gasteiger partial charge in [-0.05, 0) is 28.3 Å². The summed E-state index contributed by atoms with van der Waals surface area (Å²) < 4.78 is 0.975. The first-order valence-electron chi connectivity index (χ1n) is 5.69. The highest BCUT2D eigenvalue weighted by atomic mass is 79.9. The van der Waals surface area contributed by atoms with Crippen molar-refractivity contribution >= 4 is 27.7 Å². The van der Waals surface area contributed by atoms with E-state index in [-0.39, 0.29) is 0 Å². The number of anilines is 2. The lowest BCUT2D eigenvalue weighted by atomic mass is 10.1. The molecule has 1 aromatic heterocycles. The lowest BCUT2D eigenvalue weighted by Crippen LogP contribution is -2.21. The maximum atomic E-state index is 4.50. The smallest absolute Gasteiger partial charge is 0.224 e. The molecule has 0 amide bonds. The van der Waals surface area contributed by atoms with Crippen LogP contribution < -0.4 is 10.2 Å². The molecule has 1 aliphatic heterocycles. The van der Waals surface area contributed by atoms with E-state index in [9.17, 15) is 0 Å². The molecule has 1 fully saturated rings. The average Bonchev–Trinajstić information content (AvgIpc) is 2.78. The Morgan fingerprint density at radius 3 is 3.06 bits per heavy atom. The highest BCUT2D eigenvalue weighted by Gasteiger charge is 2.23. The molecular formula is C11H17BrN4. The van der Waals surface area contributed by atoms with Gasteiger partial charge in [0.1, 0.15) is 5.82 Å². The van der Waals surface area contributed by atoms with Crippen molar-refractivity contribution in [3.63, 3.8) is 0 Å². The molecule has 0 aromatic carbocycles. The van der Waals surface area contributed by atoms with Crippen LogP contribution in [0.25, 0.3) is 0 Å². The van der Waals surface area contributed by atoms with Crippen LogP contribution >= 0.6 is 15.9 Å². The van der Waals surface area contributed by atoms with Gasteiger partial charge in [-0.25, -0.2) is 4.98 Å². The summed E-state index contributed by atoms with van der Waals surface area (Å²) >= 11 is 3.52. The van der Waals surface area contributed by atoms with Crippen LogP contribution in [0.15, 0.2) is 10.7 Å². The van der Waals surface area contributed by atoms with Gasteiger partial charge in [-0.15, -0.1) is 0 Å². The summed E-state index contributed by atoms with van der Waals surface area (Å²) in [6, 6.07) is 0. The van der Waals surface area contributed by atoms with Crippen molar-refractivity contribution in [2.24, 2.45) is 5.92 Å². The highest BCUT2D eigenvalue weighted by molar-refractivity contribution is 9.10. The van der Waals surface area contributed by atoms with Crippen LogP contribution in [0.3, 0.4) is 0 Å². The van der Waals surface area contributed by atoms with Crippen molar-refractivity contribution in [3.8, 4) is 0 Å². The summed E-state index contributed by atoms with van der Waals surface area (Å²) in [6.45, 7) is 4.45. The Hall–Kier alpha value is -0.840. The van der Waals surface area contributed by atoms with E-state index in [0.717, 1.165) is 29.3 Å². The fourth-order valence-electron chi connectivity index (χ4n) is 2.06. The molecule has 1 unspecified atom stereocenters. The minimum Gasteiger partial charge on any atom is -0.357 e. The van der Waals surface area contributed by atoms with Gasteiger partial charge < -0.3 is 10.2 Å². The average molecular weight is 285 g/mol. The predicted octanol–water partition coefficient (Wildman–Crippen LogP) is 2.52. The lowest BCUT2D eigenvalue weighted by Gasteiger charge is -2.19. The third-order valence-corrected chi connectivity index (χ3v) is 3.67. The Kier molecular flexibility index (Phi) is 3.63. The van der Waals surface area contributed by atoms with Gasteiger partial charge >= 0.3 is 0 Å². The third-order valence-electron chi connectivity index (χ3n) is 3.11. The normalized spacial score (nSPS) is 20.2. The molecule has 0 saturated carbocycles. The SMILES string of the molecule is CCC1CCN(c2nc(NC)ncc2Br)C1. The predicted molar refractivity (Wildman–Crippen MR) is 69.9 cm³/mol. The van der Waals surface area contributed by atoms with Gasteiger partial charge in [-0.2, -0.15) is 4.98 Å². The van der Waals surface area contributed by atoms with Crippen LogP contribution in [0.5, 0.6) is 0 Å². The van der Waals surface area contributed by atoms with Gasteiger partial charge in [0, 0.05) is 26.3 Å². The van der Waals surface area contributed by atoms with E-state index >= 15 is 0 Å².